The maximum Gasteiger partial charge on any atom is 0.305 e. The lowest BCUT2D eigenvalue weighted by atomic mass is 10.2. The van der Waals surface area contributed by atoms with Gasteiger partial charge in [-0.05, 0) is 30.3 Å². The number of aromatic nitrogens is 1. The summed E-state index contributed by atoms with van der Waals surface area (Å²) in [5.41, 5.74) is 0.894. The van der Waals surface area contributed by atoms with E-state index in [1.54, 1.807) is 42.6 Å². The Morgan fingerprint density at radius 1 is 1.23 bits per heavy atom. The Bertz CT molecular complexity index is 691. The summed E-state index contributed by atoms with van der Waals surface area (Å²) < 4.78 is 0. The minimum atomic E-state index is -0.909. The number of anilines is 2. The number of halogens is 1. The average Bonchev–Trinajstić information content (AvgIpc) is 2.48. The van der Waals surface area contributed by atoms with Crippen LogP contribution in [0.15, 0.2) is 42.6 Å². The van der Waals surface area contributed by atoms with Gasteiger partial charge in [-0.2, -0.15) is 0 Å². The maximum atomic E-state index is 12.2. The molecular formula is C15H14ClN3O3. The van der Waals surface area contributed by atoms with E-state index in [1.807, 2.05) is 0 Å². The van der Waals surface area contributed by atoms with Crippen molar-refractivity contribution in [3.63, 3.8) is 0 Å². The van der Waals surface area contributed by atoms with E-state index in [4.69, 9.17) is 16.7 Å². The highest BCUT2D eigenvalue weighted by Gasteiger charge is 2.10. The van der Waals surface area contributed by atoms with Crippen LogP contribution >= 0.6 is 11.6 Å². The van der Waals surface area contributed by atoms with Crippen molar-refractivity contribution in [1.82, 2.24) is 4.98 Å². The molecule has 1 aromatic heterocycles. The first-order valence-corrected chi connectivity index (χ1v) is 6.91. The molecule has 1 amide bonds. The Balaban J connectivity index is 2.09. The second kappa shape index (κ2) is 7.42. The fourth-order valence-electron chi connectivity index (χ4n) is 1.76. The van der Waals surface area contributed by atoms with Crippen molar-refractivity contribution < 1.29 is 14.7 Å². The number of nitrogens with one attached hydrogen (secondary N) is 2. The number of aliphatic carboxylic acids is 1. The summed E-state index contributed by atoms with van der Waals surface area (Å²) >= 11 is 5.86. The lowest BCUT2D eigenvalue weighted by Crippen LogP contribution is -2.15. The topological polar surface area (TPSA) is 91.3 Å². The summed E-state index contributed by atoms with van der Waals surface area (Å²) in [7, 11) is 0. The summed E-state index contributed by atoms with van der Waals surface area (Å²) in [5, 5.41) is 14.7. The molecule has 0 radical (unpaired) electrons. The van der Waals surface area contributed by atoms with Gasteiger partial charge in [0.15, 0.2) is 0 Å². The molecule has 0 saturated carbocycles. The highest BCUT2D eigenvalue weighted by atomic mass is 35.5. The Labute approximate surface area is 132 Å². The summed E-state index contributed by atoms with van der Waals surface area (Å²) in [4.78, 5) is 26.8. The smallest absolute Gasteiger partial charge is 0.305 e. The first kappa shape index (κ1) is 15.8. The zero-order valence-electron chi connectivity index (χ0n) is 11.5. The van der Waals surface area contributed by atoms with Gasteiger partial charge < -0.3 is 15.7 Å². The third-order valence-corrected chi connectivity index (χ3v) is 3.01. The number of benzene rings is 1. The largest absolute Gasteiger partial charge is 0.481 e. The van der Waals surface area contributed by atoms with Crippen molar-refractivity contribution in [3.05, 3.63) is 53.2 Å². The van der Waals surface area contributed by atoms with Gasteiger partial charge in [0.25, 0.3) is 5.91 Å². The van der Waals surface area contributed by atoms with Crippen LogP contribution in [0.5, 0.6) is 0 Å². The van der Waals surface area contributed by atoms with Crippen LogP contribution in [0.2, 0.25) is 5.02 Å². The summed E-state index contributed by atoms with van der Waals surface area (Å²) in [6.45, 7) is 0.215. The third kappa shape index (κ3) is 4.46. The van der Waals surface area contributed by atoms with E-state index in [1.165, 1.54) is 0 Å². The zero-order valence-corrected chi connectivity index (χ0v) is 12.3. The molecule has 2 aromatic rings. The minimum Gasteiger partial charge on any atom is -0.481 e. The third-order valence-electron chi connectivity index (χ3n) is 2.77. The quantitative estimate of drug-likeness (QED) is 0.761. The van der Waals surface area contributed by atoms with Crippen molar-refractivity contribution in [2.24, 2.45) is 0 Å². The fraction of sp³-hybridized carbons (Fsp3) is 0.133. The van der Waals surface area contributed by atoms with E-state index in [9.17, 15) is 9.59 Å². The van der Waals surface area contributed by atoms with Gasteiger partial charge in [0.1, 0.15) is 5.82 Å². The highest BCUT2D eigenvalue weighted by Crippen LogP contribution is 2.19. The van der Waals surface area contributed by atoms with Gasteiger partial charge in [0.2, 0.25) is 0 Å². The number of carboxylic acids is 1. The van der Waals surface area contributed by atoms with Gasteiger partial charge >= 0.3 is 5.97 Å². The molecule has 0 spiro atoms. The molecular weight excluding hydrogens is 306 g/mol. The molecule has 114 valence electrons. The van der Waals surface area contributed by atoms with Crippen molar-refractivity contribution >= 4 is 35.0 Å². The molecule has 2 rings (SSSR count). The van der Waals surface area contributed by atoms with E-state index in [-0.39, 0.29) is 18.9 Å². The molecule has 0 aliphatic heterocycles. The molecule has 22 heavy (non-hydrogen) atoms. The van der Waals surface area contributed by atoms with E-state index in [0.29, 0.717) is 22.1 Å². The predicted octanol–water partition coefficient (Wildman–Crippen LogP) is 2.87. The average molecular weight is 320 g/mol. The van der Waals surface area contributed by atoms with Crippen molar-refractivity contribution in [2.75, 3.05) is 17.2 Å². The number of carboxylic acid groups (broad SMARTS) is 1. The van der Waals surface area contributed by atoms with Crippen molar-refractivity contribution in [3.8, 4) is 0 Å². The van der Waals surface area contributed by atoms with Gasteiger partial charge in [-0.3, -0.25) is 9.59 Å². The Hall–Kier alpha value is -2.60. The summed E-state index contributed by atoms with van der Waals surface area (Å²) in [6, 6.07) is 9.93. The number of hydrogen-bond donors (Lipinski definition) is 3. The van der Waals surface area contributed by atoms with Crippen LogP contribution in [0.25, 0.3) is 0 Å². The van der Waals surface area contributed by atoms with Crippen LogP contribution in [0.4, 0.5) is 11.5 Å². The molecule has 1 heterocycles. The van der Waals surface area contributed by atoms with Crippen LogP contribution < -0.4 is 10.6 Å². The van der Waals surface area contributed by atoms with Crippen LogP contribution in [0.1, 0.15) is 16.8 Å². The molecule has 6 nitrogen and oxygen atoms in total. The monoisotopic (exact) mass is 319 g/mol. The van der Waals surface area contributed by atoms with Gasteiger partial charge in [0.05, 0.1) is 12.1 Å². The molecule has 0 atom stereocenters. The van der Waals surface area contributed by atoms with E-state index < -0.39 is 5.97 Å². The first-order chi connectivity index (χ1) is 10.6. The van der Waals surface area contributed by atoms with Crippen LogP contribution in [-0.2, 0) is 4.79 Å². The van der Waals surface area contributed by atoms with Crippen molar-refractivity contribution in [2.45, 2.75) is 6.42 Å². The van der Waals surface area contributed by atoms with Crippen LogP contribution in [0, 0.1) is 0 Å². The standard InChI is InChI=1S/C15H14ClN3O3/c16-11-4-1-3-10(9-11)15(22)19-12-5-2-7-17-14(12)18-8-6-13(20)21/h1-5,7,9H,6,8H2,(H,17,18)(H,19,22)(H,20,21). The second-order valence-electron chi connectivity index (χ2n) is 4.43. The molecule has 7 heteroatoms. The molecule has 0 aliphatic rings. The predicted molar refractivity (Wildman–Crippen MR) is 84.4 cm³/mol. The first-order valence-electron chi connectivity index (χ1n) is 6.54. The second-order valence-corrected chi connectivity index (χ2v) is 4.87. The van der Waals surface area contributed by atoms with Crippen molar-refractivity contribution in [1.29, 1.82) is 0 Å². The molecule has 0 bridgehead atoms. The molecule has 0 unspecified atom stereocenters. The van der Waals surface area contributed by atoms with Gasteiger partial charge in [-0.25, -0.2) is 4.98 Å². The highest BCUT2D eigenvalue weighted by molar-refractivity contribution is 6.31. The zero-order chi connectivity index (χ0) is 15.9. The Morgan fingerprint density at radius 3 is 2.77 bits per heavy atom. The normalized spacial score (nSPS) is 10.0. The molecule has 1 aromatic carbocycles. The number of carbonyl (C=O) groups is 2. The Kier molecular flexibility index (Phi) is 5.32. The van der Waals surface area contributed by atoms with E-state index in [0.717, 1.165) is 0 Å². The molecule has 0 aliphatic carbocycles. The number of nitrogens with zero attached hydrogens (tertiary/aromatic N) is 1. The lowest BCUT2D eigenvalue weighted by Gasteiger charge is -2.11. The Morgan fingerprint density at radius 2 is 2.05 bits per heavy atom. The van der Waals surface area contributed by atoms with E-state index in [2.05, 4.69) is 15.6 Å². The van der Waals surface area contributed by atoms with Crippen LogP contribution in [0.3, 0.4) is 0 Å². The van der Waals surface area contributed by atoms with Gasteiger partial charge in [-0.15, -0.1) is 0 Å². The lowest BCUT2D eigenvalue weighted by molar-refractivity contribution is -0.136. The SMILES string of the molecule is O=C(O)CCNc1ncccc1NC(=O)c1cccc(Cl)c1. The molecule has 0 saturated heterocycles. The molecule has 0 fully saturated rings. The minimum absolute atomic E-state index is 0.0434. The number of hydrogen-bond acceptors (Lipinski definition) is 4. The number of carbonyl (C=O) groups excluding carboxylic acids is 1. The summed E-state index contributed by atoms with van der Waals surface area (Å²) in [5.74, 6) is -0.816. The van der Waals surface area contributed by atoms with Gasteiger partial charge in [0, 0.05) is 23.3 Å². The maximum absolute atomic E-state index is 12.2. The molecule has 3 N–H and O–H groups in total. The summed E-state index contributed by atoms with van der Waals surface area (Å²) in [6.07, 6.45) is 1.51. The van der Waals surface area contributed by atoms with Crippen LogP contribution in [-0.4, -0.2) is 28.5 Å². The number of pyridine rings is 1. The van der Waals surface area contributed by atoms with E-state index >= 15 is 0 Å². The fourth-order valence-corrected chi connectivity index (χ4v) is 1.95. The van der Waals surface area contributed by atoms with Gasteiger partial charge in [-0.1, -0.05) is 17.7 Å². The number of rotatable bonds is 6. The number of amides is 1.